The van der Waals surface area contributed by atoms with Gasteiger partial charge in [-0.25, -0.2) is 0 Å². The van der Waals surface area contributed by atoms with Gasteiger partial charge in [-0.1, -0.05) is 224 Å². The van der Waals surface area contributed by atoms with Gasteiger partial charge in [0.2, 0.25) is 0 Å². The molecule has 0 atom stereocenters. The lowest BCUT2D eigenvalue weighted by molar-refractivity contribution is 0.768. The van der Waals surface area contributed by atoms with Gasteiger partial charge in [-0.05, 0) is 131 Å². The maximum absolute atomic E-state index is 2.48. The van der Waals surface area contributed by atoms with Gasteiger partial charge in [0.25, 0.3) is 0 Å². The van der Waals surface area contributed by atoms with Gasteiger partial charge >= 0.3 is 0 Å². The normalized spacial score (nSPS) is 12.7. The Kier molecular flexibility index (Phi) is 8.82. The molecule has 308 valence electrons. The Hall–Kier alpha value is -8.52. The van der Waals surface area contributed by atoms with E-state index in [0.29, 0.717) is 0 Å². The molecule has 1 heteroatoms. The largest absolute Gasteiger partial charge is 0.310 e. The lowest BCUT2D eigenvalue weighted by Crippen LogP contribution is -2.28. The Morgan fingerprint density at radius 3 is 1.50 bits per heavy atom. The van der Waals surface area contributed by atoms with E-state index in [1.54, 1.807) is 0 Å². The van der Waals surface area contributed by atoms with Gasteiger partial charge in [-0.3, -0.25) is 0 Å². The summed E-state index contributed by atoms with van der Waals surface area (Å²) < 4.78 is 0. The minimum absolute atomic E-state index is 0.513. The van der Waals surface area contributed by atoms with E-state index >= 15 is 0 Å². The first-order valence-electron chi connectivity index (χ1n) is 22.9. The van der Waals surface area contributed by atoms with Gasteiger partial charge in [-0.2, -0.15) is 0 Å². The summed E-state index contributed by atoms with van der Waals surface area (Å²) in [6.45, 7) is 0. The molecule has 0 unspecified atom stereocenters. The van der Waals surface area contributed by atoms with Crippen molar-refractivity contribution < 1.29 is 0 Å². The zero-order valence-corrected chi connectivity index (χ0v) is 36.3. The number of benzene rings is 11. The standard InChI is InChI=1S/C65H43N/c1-4-18-44(19-5-1)45-36-38-51(39-37-45)66(62-35-17-34-61-64(62)59-30-12-13-33-60(59)65(61,49-23-6-2-7-24-49)50-25-8-3-9-26-50)52-27-15-21-47(43-52)46-20-14-22-48(42-46)53-40-41-58-55-29-11-10-28-54(55)57-32-16-31-56(53)63(57)58/h1-43H. The van der Waals surface area contributed by atoms with Crippen LogP contribution in [0, 0.1) is 0 Å². The van der Waals surface area contributed by atoms with Crippen molar-refractivity contribution in [2.24, 2.45) is 0 Å². The molecule has 66 heavy (non-hydrogen) atoms. The molecule has 2 aliphatic rings. The maximum atomic E-state index is 2.48. The summed E-state index contributed by atoms with van der Waals surface area (Å²) in [5.41, 5.74) is 22.9. The molecule has 0 saturated carbocycles. The molecule has 0 amide bonds. The predicted octanol–water partition coefficient (Wildman–Crippen LogP) is 17.3. The van der Waals surface area contributed by atoms with Crippen molar-refractivity contribution in [3.8, 4) is 66.8 Å². The summed E-state index contributed by atoms with van der Waals surface area (Å²) in [6.07, 6.45) is 0. The maximum Gasteiger partial charge on any atom is 0.0714 e. The first-order chi connectivity index (χ1) is 32.8. The molecule has 0 heterocycles. The van der Waals surface area contributed by atoms with Gasteiger partial charge < -0.3 is 4.90 Å². The van der Waals surface area contributed by atoms with Crippen LogP contribution in [0.25, 0.3) is 77.5 Å². The number of hydrogen-bond donors (Lipinski definition) is 0. The van der Waals surface area contributed by atoms with Crippen LogP contribution in [0.3, 0.4) is 0 Å². The zero-order chi connectivity index (χ0) is 43.6. The van der Waals surface area contributed by atoms with Crippen LogP contribution in [0.5, 0.6) is 0 Å². The fourth-order valence-corrected chi connectivity index (χ4v) is 11.3. The van der Waals surface area contributed by atoms with Crippen molar-refractivity contribution in [3.05, 3.63) is 283 Å². The average Bonchev–Trinajstić information content (AvgIpc) is 3.89. The van der Waals surface area contributed by atoms with Crippen LogP contribution >= 0.6 is 0 Å². The molecule has 0 spiro atoms. The molecule has 2 aliphatic carbocycles. The van der Waals surface area contributed by atoms with E-state index < -0.39 is 5.41 Å². The second-order valence-corrected chi connectivity index (χ2v) is 17.5. The summed E-state index contributed by atoms with van der Waals surface area (Å²) in [6, 6.07) is 96.3. The second-order valence-electron chi connectivity index (χ2n) is 17.5. The van der Waals surface area contributed by atoms with Crippen LogP contribution in [0.15, 0.2) is 261 Å². The number of hydrogen-bond acceptors (Lipinski definition) is 1. The van der Waals surface area contributed by atoms with Crippen molar-refractivity contribution in [1.82, 2.24) is 0 Å². The van der Waals surface area contributed by atoms with Crippen molar-refractivity contribution in [1.29, 1.82) is 0 Å². The number of nitrogens with zero attached hydrogens (tertiary/aromatic N) is 1. The molecule has 0 aromatic heterocycles. The highest BCUT2D eigenvalue weighted by Crippen LogP contribution is 2.59. The minimum Gasteiger partial charge on any atom is -0.310 e. The number of fused-ring (bicyclic) bond motifs is 6. The number of rotatable bonds is 8. The van der Waals surface area contributed by atoms with Crippen LogP contribution < -0.4 is 4.90 Å². The molecule has 0 radical (unpaired) electrons. The first-order valence-corrected chi connectivity index (χ1v) is 22.9. The average molecular weight is 838 g/mol. The molecule has 0 fully saturated rings. The summed E-state index contributed by atoms with van der Waals surface area (Å²) in [5, 5.41) is 2.63. The van der Waals surface area contributed by atoms with Crippen molar-refractivity contribution in [3.63, 3.8) is 0 Å². The van der Waals surface area contributed by atoms with E-state index in [1.807, 2.05) is 0 Å². The van der Waals surface area contributed by atoms with Gasteiger partial charge in [0.15, 0.2) is 0 Å². The van der Waals surface area contributed by atoms with Gasteiger partial charge in [0.05, 0.1) is 11.1 Å². The van der Waals surface area contributed by atoms with Crippen LogP contribution in [0.4, 0.5) is 17.1 Å². The monoisotopic (exact) mass is 837 g/mol. The topological polar surface area (TPSA) is 3.24 Å². The summed E-state index contributed by atoms with van der Waals surface area (Å²) >= 11 is 0. The van der Waals surface area contributed by atoms with E-state index in [9.17, 15) is 0 Å². The van der Waals surface area contributed by atoms with Crippen molar-refractivity contribution >= 4 is 27.8 Å². The van der Waals surface area contributed by atoms with E-state index in [0.717, 1.165) is 22.6 Å². The highest BCUT2D eigenvalue weighted by Gasteiger charge is 2.47. The lowest BCUT2D eigenvalue weighted by atomic mass is 9.68. The summed E-state index contributed by atoms with van der Waals surface area (Å²) in [4.78, 5) is 2.48. The highest BCUT2D eigenvalue weighted by molar-refractivity contribution is 6.18. The molecule has 11 aromatic rings. The lowest BCUT2D eigenvalue weighted by Gasteiger charge is -2.34. The molecular weight excluding hydrogens is 795 g/mol. The quantitative estimate of drug-likeness (QED) is 0.147. The molecule has 0 aliphatic heterocycles. The fraction of sp³-hybridized carbons (Fsp3) is 0.0154. The third kappa shape index (κ3) is 5.80. The van der Waals surface area contributed by atoms with Gasteiger partial charge in [0, 0.05) is 16.9 Å². The Labute approximate surface area is 386 Å². The molecular formula is C65H43N. The molecule has 13 rings (SSSR count). The van der Waals surface area contributed by atoms with Gasteiger partial charge in [0.1, 0.15) is 0 Å². The third-order valence-corrected chi connectivity index (χ3v) is 14.1. The molecule has 11 aromatic carbocycles. The highest BCUT2D eigenvalue weighted by atomic mass is 15.1. The van der Waals surface area contributed by atoms with Crippen LogP contribution in [-0.2, 0) is 5.41 Å². The summed E-state index contributed by atoms with van der Waals surface area (Å²) in [7, 11) is 0. The fourth-order valence-electron chi connectivity index (χ4n) is 11.3. The first kappa shape index (κ1) is 38.0. The van der Waals surface area contributed by atoms with Gasteiger partial charge in [-0.15, -0.1) is 0 Å². The van der Waals surface area contributed by atoms with Crippen LogP contribution in [0.2, 0.25) is 0 Å². The zero-order valence-electron chi connectivity index (χ0n) is 36.3. The van der Waals surface area contributed by atoms with E-state index in [4.69, 9.17) is 0 Å². The van der Waals surface area contributed by atoms with E-state index in [2.05, 4.69) is 266 Å². The van der Waals surface area contributed by atoms with E-state index in [1.165, 1.54) is 94.2 Å². The third-order valence-electron chi connectivity index (χ3n) is 14.1. The summed E-state index contributed by atoms with van der Waals surface area (Å²) in [5.74, 6) is 0. The molecule has 0 saturated heterocycles. The molecule has 1 nitrogen and oxygen atoms in total. The van der Waals surface area contributed by atoms with Crippen LogP contribution in [-0.4, -0.2) is 0 Å². The molecule has 0 bridgehead atoms. The Morgan fingerprint density at radius 2 is 0.773 bits per heavy atom. The number of anilines is 3. The van der Waals surface area contributed by atoms with Crippen LogP contribution in [0.1, 0.15) is 22.3 Å². The Balaban J connectivity index is 0.992. The van der Waals surface area contributed by atoms with Crippen molar-refractivity contribution in [2.75, 3.05) is 4.90 Å². The molecule has 0 N–H and O–H groups in total. The smallest absolute Gasteiger partial charge is 0.0714 e. The van der Waals surface area contributed by atoms with Crippen molar-refractivity contribution in [2.45, 2.75) is 5.41 Å². The Bertz CT molecular complexity index is 3560. The minimum atomic E-state index is -0.513. The Morgan fingerprint density at radius 1 is 0.273 bits per heavy atom. The second kappa shape index (κ2) is 15.3. The van der Waals surface area contributed by atoms with E-state index in [-0.39, 0.29) is 0 Å². The predicted molar refractivity (Wildman–Crippen MR) is 277 cm³/mol. The SMILES string of the molecule is c1ccc(-c2ccc(N(c3cccc(-c4cccc(-c5ccc6c7c(cccc57)-c5ccccc5-6)c4)c3)c3cccc4c3-c3ccccc3C4(c3ccccc3)c3ccccc3)cc2)cc1.